The van der Waals surface area contributed by atoms with Gasteiger partial charge in [-0.15, -0.1) is 0 Å². The summed E-state index contributed by atoms with van der Waals surface area (Å²) in [5, 5.41) is 0. The van der Waals surface area contributed by atoms with Crippen molar-refractivity contribution < 1.29 is 8.42 Å². The maximum Gasteiger partial charge on any atom is 0.264 e. The molecule has 0 saturated carbocycles. The first kappa shape index (κ1) is 14.3. The molecule has 1 heterocycles. The minimum Gasteiger partial charge on any atom is -0.398 e. The Kier molecular flexibility index (Phi) is 4.12. The van der Waals surface area contributed by atoms with Crippen molar-refractivity contribution in [3.63, 3.8) is 0 Å². The summed E-state index contributed by atoms with van der Waals surface area (Å²) < 4.78 is 28.1. The third-order valence-electron chi connectivity index (χ3n) is 2.24. The van der Waals surface area contributed by atoms with Crippen LogP contribution in [0.4, 0.5) is 11.4 Å². The van der Waals surface area contributed by atoms with Gasteiger partial charge in [0.05, 0.1) is 17.6 Å². The minimum absolute atomic E-state index is 0.0183. The van der Waals surface area contributed by atoms with Gasteiger partial charge in [-0.2, -0.15) is 0 Å². The summed E-state index contributed by atoms with van der Waals surface area (Å²) in [6.45, 7) is 0. The molecule has 0 amide bonds. The van der Waals surface area contributed by atoms with Crippen LogP contribution in [0.2, 0.25) is 0 Å². The van der Waals surface area contributed by atoms with Crippen molar-refractivity contribution in [3.8, 4) is 0 Å². The molecule has 1 aromatic carbocycles. The zero-order chi connectivity index (χ0) is 14.0. The van der Waals surface area contributed by atoms with Crippen LogP contribution in [-0.2, 0) is 10.0 Å². The Bertz CT molecular complexity index is 702. The van der Waals surface area contributed by atoms with Gasteiger partial charge >= 0.3 is 0 Å². The maximum atomic E-state index is 12.2. The first-order valence-corrected chi connectivity index (χ1v) is 8.15. The van der Waals surface area contributed by atoms with Crippen LogP contribution >= 0.6 is 31.9 Å². The number of sulfonamides is 1. The van der Waals surface area contributed by atoms with Crippen LogP contribution < -0.4 is 10.5 Å². The summed E-state index contributed by atoms with van der Waals surface area (Å²) in [6, 6.07) is 7.89. The van der Waals surface area contributed by atoms with Crippen molar-refractivity contribution in [3.05, 3.63) is 45.6 Å². The molecule has 0 saturated heterocycles. The zero-order valence-electron chi connectivity index (χ0n) is 9.47. The van der Waals surface area contributed by atoms with Crippen LogP contribution in [0, 0.1) is 0 Å². The molecule has 5 nitrogen and oxygen atoms in total. The number of benzene rings is 1. The average Bonchev–Trinajstić information content (AvgIpc) is 2.35. The number of halogens is 2. The molecule has 0 aliphatic rings. The molecule has 1 aromatic heterocycles. The number of aromatic nitrogens is 1. The standard InChI is InChI=1S/C11H9Br2N3O2S/c12-7-1-3-9(14)10(5-7)19(17,18)16-8-2-4-11(13)15-6-8/h1-6,16H,14H2. The molecule has 0 aliphatic heterocycles. The fourth-order valence-electron chi connectivity index (χ4n) is 1.39. The van der Waals surface area contributed by atoms with E-state index in [0.29, 0.717) is 14.8 Å². The fourth-order valence-corrected chi connectivity index (χ4v) is 3.34. The Balaban J connectivity index is 2.37. The molecule has 3 N–H and O–H groups in total. The summed E-state index contributed by atoms with van der Waals surface area (Å²) >= 11 is 6.39. The van der Waals surface area contributed by atoms with E-state index < -0.39 is 10.0 Å². The van der Waals surface area contributed by atoms with E-state index in [1.165, 1.54) is 18.3 Å². The number of hydrogen-bond acceptors (Lipinski definition) is 4. The number of pyridine rings is 1. The highest BCUT2D eigenvalue weighted by Gasteiger charge is 2.18. The molecular weight excluding hydrogens is 398 g/mol. The van der Waals surface area contributed by atoms with Crippen molar-refractivity contribution in [2.24, 2.45) is 0 Å². The van der Waals surface area contributed by atoms with E-state index in [1.54, 1.807) is 18.2 Å². The SMILES string of the molecule is Nc1ccc(Br)cc1S(=O)(=O)Nc1ccc(Br)nc1. The van der Waals surface area contributed by atoms with Gasteiger partial charge in [-0.1, -0.05) is 15.9 Å². The van der Waals surface area contributed by atoms with E-state index in [1.807, 2.05) is 0 Å². The lowest BCUT2D eigenvalue weighted by Crippen LogP contribution is -2.15. The molecule has 19 heavy (non-hydrogen) atoms. The summed E-state index contributed by atoms with van der Waals surface area (Å²) in [5.41, 5.74) is 6.23. The third kappa shape index (κ3) is 3.46. The first-order valence-electron chi connectivity index (χ1n) is 5.08. The Labute approximate surface area is 127 Å². The highest BCUT2D eigenvalue weighted by molar-refractivity contribution is 9.10. The normalized spacial score (nSPS) is 11.3. The lowest BCUT2D eigenvalue weighted by Gasteiger charge is -2.10. The van der Waals surface area contributed by atoms with Crippen LogP contribution in [-0.4, -0.2) is 13.4 Å². The molecule has 2 rings (SSSR count). The second-order valence-corrected chi connectivity index (χ2v) is 7.04. The number of nitrogen functional groups attached to an aromatic ring is 1. The Morgan fingerprint density at radius 2 is 1.89 bits per heavy atom. The van der Waals surface area contributed by atoms with Gasteiger partial charge in [-0.25, -0.2) is 13.4 Å². The zero-order valence-corrected chi connectivity index (χ0v) is 13.5. The number of nitrogens with one attached hydrogen (secondary N) is 1. The van der Waals surface area contributed by atoms with Crippen LogP contribution in [0.25, 0.3) is 0 Å². The number of rotatable bonds is 3. The lowest BCUT2D eigenvalue weighted by molar-refractivity contribution is 0.601. The van der Waals surface area contributed by atoms with E-state index in [4.69, 9.17) is 5.73 Å². The highest BCUT2D eigenvalue weighted by atomic mass is 79.9. The summed E-state index contributed by atoms with van der Waals surface area (Å²) in [6.07, 6.45) is 1.41. The van der Waals surface area contributed by atoms with Crippen molar-refractivity contribution in [2.45, 2.75) is 4.90 Å². The molecule has 2 aromatic rings. The highest BCUT2D eigenvalue weighted by Crippen LogP contribution is 2.25. The van der Waals surface area contributed by atoms with Crippen molar-refractivity contribution in [2.75, 3.05) is 10.5 Å². The molecule has 8 heteroatoms. The van der Waals surface area contributed by atoms with Crippen LogP contribution in [0.3, 0.4) is 0 Å². The maximum absolute atomic E-state index is 12.2. The number of nitrogens with two attached hydrogens (primary N) is 1. The molecule has 0 atom stereocenters. The van der Waals surface area contributed by atoms with Crippen molar-refractivity contribution in [1.29, 1.82) is 0 Å². The summed E-state index contributed by atoms with van der Waals surface area (Å²) in [7, 11) is -3.74. The van der Waals surface area contributed by atoms with Gasteiger partial charge in [0.15, 0.2) is 0 Å². The molecular formula is C11H9Br2N3O2S. The predicted molar refractivity (Wildman–Crippen MR) is 81.3 cm³/mol. The topological polar surface area (TPSA) is 85.1 Å². The van der Waals surface area contributed by atoms with E-state index in [9.17, 15) is 8.42 Å². The fraction of sp³-hybridized carbons (Fsp3) is 0. The van der Waals surface area contributed by atoms with Gasteiger partial charge in [-0.3, -0.25) is 4.72 Å². The van der Waals surface area contributed by atoms with Gasteiger partial charge in [-0.05, 0) is 46.3 Å². The largest absolute Gasteiger partial charge is 0.398 e. The smallest absolute Gasteiger partial charge is 0.264 e. The summed E-state index contributed by atoms with van der Waals surface area (Å²) in [5.74, 6) is 0. The molecule has 0 unspecified atom stereocenters. The summed E-state index contributed by atoms with van der Waals surface area (Å²) in [4.78, 5) is 3.96. The Morgan fingerprint density at radius 1 is 1.16 bits per heavy atom. The second kappa shape index (κ2) is 5.48. The Morgan fingerprint density at radius 3 is 2.53 bits per heavy atom. The van der Waals surface area contributed by atoms with Gasteiger partial charge in [0.25, 0.3) is 10.0 Å². The van der Waals surface area contributed by atoms with E-state index >= 15 is 0 Å². The van der Waals surface area contributed by atoms with Crippen LogP contribution in [0.5, 0.6) is 0 Å². The van der Waals surface area contributed by atoms with Gasteiger partial charge in [0, 0.05) is 4.47 Å². The van der Waals surface area contributed by atoms with Crippen molar-refractivity contribution >= 4 is 53.3 Å². The minimum atomic E-state index is -3.74. The predicted octanol–water partition coefficient (Wildman–Crippen LogP) is 2.99. The molecule has 0 bridgehead atoms. The number of hydrogen-bond donors (Lipinski definition) is 2. The van der Waals surface area contributed by atoms with E-state index in [2.05, 4.69) is 41.6 Å². The number of nitrogens with zero attached hydrogens (tertiary/aromatic N) is 1. The van der Waals surface area contributed by atoms with Crippen LogP contribution in [0.15, 0.2) is 50.5 Å². The molecule has 0 radical (unpaired) electrons. The van der Waals surface area contributed by atoms with E-state index in [-0.39, 0.29) is 10.6 Å². The molecule has 100 valence electrons. The third-order valence-corrected chi connectivity index (χ3v) is 4.64. The number of anilines is 2. The van der Waals surface area contributed by atoms with Gasteiger partial charge < -0.3 is 5.73 Å². The molecule has 0 spiro atoms. The van der Waals surface area contributed by atoms with Gasteiger partial charge in [0.1, 0.15) is 9.50 Å². The lowest BCUT2D eigenvalue weighted by atomic mass is 10.3. The molecule has 0 aliphatic carbocycles. The second-order valence-electron chi connectivity index (χ2n) is 3.66. The average molecular weight is 407 g/mol. The molecule has 0 fully saturated rings. The van der Waals surface area contributed by atoms with Crippen LogP contribution in [0.1, 0.15) is 0 Å². The van der Waals surface area contributed by atoms with Gasteiger partial charge in [0.2, 0.25) is 0 Å². The Hall–Kier alpha value is -1.12. The van der Waals surface area contributed by atoms with Crippen molar-refractivity contribution in [1.82, 2.24) is 4.98 Å². The monoisotopic (exact) mass is 405 g/mol. The first-order chi connectivity index (χ1) is 8.88. The van der Waals surface area contributed by atoms with E-state index in [0.717, 1.165) is 0 Å². The quantitative estimate of drug-likeness (QED) is 0.606.